The van der Waals surface area contributed by atoms with E-state index >= 15 is 0 Å². The number of aromatic amines is 1. The minimum Gasteiger partial charge on any atom is -0.358 e. The molecule has 1 saturated carbocycles. The average Bonchev–Trinajstić information content (AvgIpc) is 3.38. The van der Waals surface area contributed by atoms with Crippen LogP contribution in [0.5, 0.6) is 0 Å². The topological polar surface area (TPSA) is 56.4 Å². The van der Waals surface area contributed by atoms with E-state index in [0.717, 1.165) is 31.3 Å². The second-order valence-electron chi connectivity index (χ2n) is 8.02. The van der Waals surface area contributed by atoms with Gasteiger partial charge in [0.2, 0.25) is 11.8 Å². The first-order valence-corrected chi connectivity index (χ1v) is 9.87. The van der Waals surface area contributed by atoms with Crippen LogP contribution in [0.15, 0.2) is 24.3 Å². The Balaban J connectivity index is 1.33. The minimum absolute atomic E-state index is 0.158. The SMILES string of the molecule is O=C(C1CC(=O)N(C2CCCC2)C1)N1CCc2[nH]c3ccccc3c2C1. The molecule has 2 aliphatic heterocycles. The van der Waals surface area contributed by atoms with Crippen LogP contribution in [0.4, 0.5) is 0 Å². The molecule has 3 heterocycles. The molecule has 1 unspecified atom stereocenters. The first-order chi connectivity index (χ1) is 12.7. The van der Waals surface area contributed by atoms with Crippen LogP contribution in [0, 0.1) is 5.92 Å². The van der Waals surface area contributed by atoms with Crippen LogP contribution in [0.3, 0.4) is 0 Å². The number of amides is 2. The number of nitrogens with zero attached hydrogens (tertiary/aromatic N) is 2. The molecule has 2 fully saturated rings. The van der Waals surface area contributed by atoms with E-state index in [1.54, 1.807) is 0 Å². The molecule has 2 amide bonds. The minimum atomic E-state index is -0.158. The number of hydrogen-bond donors (Lipinski definition) is 1. The van der Waals surface area contributed by atoms with Gasteiger partial charge in [-0.3, -0.25) is 9.59 Å². The third-order valence-corrected chi connectivity index (χ3v) is 6.47. The van der Waals surface area contributed by atoms with Gasteiger partial charge in [-0.15, -0.1) is 0 Å². The zero-order chi connectivity index (χ0) is 17.7. The van der Waals surface area contributed by atoms with Crippen LogP contribution in [-0.2, 0) is 22.6 Å². The highest BCUT2D eigenvalue weighted by Crippen LogP contribution is 2.32. The van der Waals surface area contributed by atoms with Crippen molar-refractivity contribution in [2.24, 2.45) is 5.92 Å². The maximum atomic E-state index is 13.1. The number of nitrogens with one attached hydrogen (secondary N) is 1. The summed E-state index contributed by atoms with van der Waals surface area (Å²) >= 11 is 0. The van der Waals surface area contributed by atoms with Crippen molar-refractivity contribution in [3.8, 4) is 0 Å². The lowest BCUT2D eigenvalue weighted by molar-refractivity contribution is -0.136. The van der Waals surface area contributed by atoms with Crippen molar-refractivity contribution in [3.63, 3.8) is 0 Å². The molecule has 3 aliphatic rings. The van der Waals surface area contributed by atoms with Crippen LogP contribution in [0.2, 0.25) is 0 Å². The van der Waals surface area contributed by atoms with E-state index in [1.165, 1.54) is 29.5 Å². The molecule has 136 valence electrons. The van der Waals surface area contributed by atoms with Crippen LogP contribution in [0.1, 0.15) is 43.4 Å². The fourth-order valence-electron chi connectivity index (χ4n) is 5.08. The lowest BCUT2D eigenvalue weighted by Crippen LogP contribution is -2.41. The zero-order valence-electron chi connectivity index (χ0n) is 15.0. The maximum Gasteiger partial charge on any atom is 0.228 e. The molecule has 5 rings (SSSR count). The Labute approximate surface area is 153 Å². The number of H-pyrrole nitrogens is 1. The number of benzene rings is 1. The summed E-state index contributed by atoms with van der Waals surface area (Å²) in [5, 5.41) is 1.22. The number of carbonyl (C=O) groups excluding carboxylic acids is 2. The van der Waals surface area contributed by atoms with Crippen molar-refractivity contribution < 1.29 is 9.59 Å². The van der Waals surface area contributed by atoms with E-state index in [1.807, 2.05) is 21.9 Å². The molecule has 1 saturated heterocycles. The molecule has 0 radical (unpaired) electrons. The van der Waals surface area contributed by atoms with E-state index in [-0.39, 0.29) is 17.7 Å². The third-order valence-electron chi connectivity index (χ3n) is 6.47. The van der Waals surface area contributed by atoms with E-state index in [2.05, 4.69) is 17.1 Å². The van der Waals surface area contributed by atoms with Crippen molar-refractivity contribution in [1.29, 1.82) is 0 Å². The van der Waals surface area contributed by atoms with Gasteiger partial charge in [-0.2, -0.15) is 0 Å². The fraction of sp³-hybridized carbons (Fsp3) is 0.524. The maximum absolute atomic E-state index is 13.1. The molecule has 0 spiro atoms. The highest BCUT2D eigenvalue weighted by atomic mass is 16.2. The van der Waals surface area contributed by atoms with E-state index < -0.39 is 0 Å². The predicted octanol–water partition coefficient (Wildman–Crippen LogP) is 2.84. The van der Waals surface area contributed by atoms with Gasteiger partial charge in [-0.1, -0.05) is 31.0 Å². The molecule has 1 aromatic heterocycles. The monoisotopic (exact) mass is 351 g/mol. The van der Waals surface area contributed by atoms with Gasteiger partial charge < -0.3 is 14.8 Å². The first kappa shape index (κ1) is 15.9. The molecule has 1 atom stereocenters. The highest BCUT2D eigenvalue weighted by molar-refractivity contribution is 5.90. The van der Waals surface area contributed by atoms with Gasteiger partial charge in [-0.05, 0) is 18.9 Å². The number of para-hydroxylation sites is 1. The molecule has 1 aromatic carbocycles. The van der Waals surface area contributed by atoms with Gasteiger partial charge in [-0.25, -0.2) is 0 Å². The number of aromatic nitrogens is 1. The molecule has 26 heavy (non-hydrogen) atoms. The Morgan fingerprint density at radius 1 is 1.15 bits per heavy atom. The van der Waals surface area contributed by atoms with Crippen molar-refractivity contribution in [2.45, 2.75) is 51.1 Å². The number of fused-ring (bicyclic) bond motifs is 3. The summed E-state index contributed by atoms with van der Waals surface area (Å²) < 4.78 is 0. The molecule has 1 aliphatic carbocycles. The molecule has 5 nitrogen and oxygen atoms in total. The van der Waals surface area contributed by atoms with Gasteiger partial charge in [0.25, 0.3) is 0 Å². The summed E-state index contributed by atoms with van der Waals surface area (Å²) in [6.45, 7) is 2.03. The van der Waals surface area contributed by atoms with Crippen LogP contribution in [-0.4, -0.2) is 45.7 Å². The lowest BCUT2D eigenvalue weighted by atomic mass is 10.0. The number of likely N-dealkylation sites (tertiary alicyclic amines) is 1. The van der Waals surface area contributed by atoms with Crippen molar-refractivity contribution in [2.75, 3.05) is 13.1 Å². The summed E-state index contributed by atoms with van der Waals surface area (Å²) in [6, 6.07) is 8.68. The van der Waals surface area contributed by atoms with Crippen LogP contribution in [0.25, 0.3) is 10.9 Å². The summed E-state index contributed by atoms with van der Waals surface area (Å²) in [4.78, 5) is 33.0. The van der Waals surface area contributed by atoms with Gasteiger partial charge >= 0.3 is 0 Å². The second kappa shape index (κ2) is 6.15. The molecular formula is C21H25N3O2. The van der Waals surface area contributed by atoms with E-state index in [0.29, 0.717) is 25.6 Å². The number of hydrogen-bond acceptors (Lipinski definition) is 2. The van der Waals surface area contributed by atoms with Gasteiger partial charge in [0, 0.05) is 60.7 Å². The predicted molar refractivity (Wildman–Crippen MR) is 99.5 cm³/mol. The largest absolute Gasteiger partial charge is 0.358 e. The number of carbonyl (C=O) groups is 2. The van der Waals surface area contributed by atoms with Crippen LogP contribution < -0.4 is 0 Å². The lowest BCUT2D eigenvalue weighted by Gasteiger charge is -2.30. The Kier molecular flexibility index (Phi) is 3.76. The smallest absolute Gasteiger partial charge is 0.228 e. The summed E-state index contributed by atoms with van der Waals surface area (Å²) in [5.41, 5.74) is 3.65. The standard InChI is InChI=1S/C21H25N3O2/c25-20-11-14(12-24(20)15-5-1-2-6-15)21(26)23-10-9-19-17(13-23)16-7-3-4-8-18(16)22-19/h3-4,7-8,14-15,22H,1-2,5-6,9-13H2. The molecule has 2 aromatic rings. The van der Waals surface area contributed by atoms with E-state index in [9.17, 15) is 9.59 Å². The van der Waals surface area contributed by atoms with Gasteiger partial charge in [0.05, 0.1) is 5.92 Å². The summed E-state index contributed by atoms with van der Waals surface area (Å²) in [7, 11) is 0. The quantitative estimate of drug-likeness (QED) is 0.904. The Morgan fingerprint density at radius 3 is 2.81 bits per heavy atom. The molecule has 5 heteroatoms. The fourth-order valence-corrected chi connectivity index (χ4v) is 5.08. The van der Waals surface area contributed by atoms with Crippen molar-refractivity contribution >= 4 is 22.7 Å². The third kappa shape index (κ3) is 2.52. The Hall–Kier alpha value is -2.30. The number of rotatable bonds is 2. The Morgan fingerprint density at radius 2 is 1.96 bits per heavy atom. The molecule has 0 bridgehead atoms. The average molecular weight is 351 g/mol. The van der Waals surface area contributed by atoms with Gasteiger partial charge in [0.1, 0.15) is 0 Å². The summed E-state index contributed by atoms with van der Waals surface area (Å²) in [6.07, 6.45) is 5.89. The highest BCUT2D eigenvalue weighted by Gasteiger charge is 2.40. The molecule has 1 N–H and O–H groups in total. The van der Waals surface area contributed by atoms with Crippen molar-refractivity contribution in [1.82, 2.24) is 14.8 Å². The van der Waals surface area contributed by atoms with Crippen LogP contribution >= 0.6 is 0 Å². The molecular weight excluding hydrogens is 326 g/mol. The zero-order valence-corrected chi connectivity index (χ0v) is 15.0. The van der Waals surface area contributed by atoms with Crippen molar-refractivity contribution in [3.05, 3.63) is 35.5 Å². The Bertz CT molecular complexity index is 865. The van der Waals surface area contributed by atoms with E-state index in [4.69, 9.17) is 0 Å². The van der Waals surface area contributed by atoms with Gasteiger partial charge in [0.15, 0.2) is 0 Å². The first-order valence-electron chi connectivity index (χ1n) is 9.87. The normalized spacial score (nSPS) is 23.8. The summed E-state index contributed by atoms with van der Waals surface area (Å²) in [5.74, 6) is 0.185. The second-order valence-corrected chi connectivity index (χ2v) is 8.02.